The lowest BCUT2D eigenvalue weighted by atomic mass is 10.0. The van der Waals surface area contributed by atoms with E-state index in [1.165, 1.54) is 0 Å². The zero-order valence-electron chi connectivity index (χ0n) is 47.8. The summed E-state index contributed by atoms with van der Waals surface area (Å²) in [5.74, 6) is 0. The number of fused-ring (bicyclic) bond motifs is 18. The molecule has 0 N–H and O–H groups in total. The maximum Gasteiger partial charge on any atom is 0.0645 e. The second-order valence-electron chi connectivity index (χ2n) is 18.4. The highest BCUT2D eigenvalue weighted by atomic mass is 32.1. The highest BCUT2D eigenvalue weighted by Crippen LogP contribution is 2.53. The third-order valence-electron chi connectivity index (χ3n) is 14.9. The van der Waals surface area contributed by atoms with E-state index in [4.69, 9.17) is 8.22 Å². The Labute approximate surface area is 434 Å². The molecule has 0 aliphatic carbocycles. The first kappa shape index (κ1) is 30.6. The van der Waals surface area contributed by atoms with Gasteiger partial charge in [0.05, 0.1) is 79.0 Å². The van der Waals surface area contributed by atoms with Crippen LogP contribution in [-0.4, -0.2) is 8.80 Å². The van der Waals surface area contributed by atoms with Crippen LogP contribution in [0.4, 0.5) is 34.1 Å². The van der Waals surface area contributed by atoms with Gasteiger partial charge in [0.25, 0.3) is 0 Å². The summed E-state index contributed by atoms with van der Waals surface area (Å²) >= 11 is 3.23. The standard InChI is InChI=1S/C66H38N4S2/c1-3-17-39(18-4-1)67(55-29-15-25-45-41-21-9-13-31-59(41)71-65(45)55)53-35-33-43-49-37-58-50(38-57(49)69-51-27-11-7-23-47(51)61(53)63(43)69)44-34-36-54(62-48-24-8-12-28-52(48)70(58)64(44)62)68(40-19-5-2-6-20-40)56-30-16-26-46-42-22-10-14-32-60(42)72-66(46)56/h1-38H/i1D,2D,3D,4D,5D,6D,17D,18D,19D,20D. The fourth-order valence-electron chi connectivity index (χ4n) is 12.1. The Morgan fingerprint density at radius 3 is 1.18 bits per heavy atom. The molecule has 0 aliphatic heterocycles. The summed E-state index contributed by atoms with van der Waals surface area (Å²) in [6, 6.07) is 54.0. The Bertz CT molecular complexity index is 5300. The predicted molar refractivity (Wildman–Crippen MR) is 311 cm³/mol. The van der Waals surface area contributed by atoms with Gasteiger partial charge in [0.1, 0.15) is 0 Å². The molecule has 0 fully saturated rings. The van der Waals surface area contributed by atoms with E-state index in [1.54, 1.807) is 22.7 Å². The van der Waals surface area contributed by atoms with Gasteiger partial charge in [0, 0.05) is 85.4 Å². The Balaban J connectivity index is 0.970. The van der Waals surface area contributed by atoms with Gasteiger partial charge in [-0.15, -0.1) is 22.7 Å². The summed E-state index contributed by atoms with van der Waals surface area (Å²) < 4.78 is 99.7. The minimum Gasteiger partial charge on any atom is -0.308 e. The normalized spacial score (nSPS) is 14.4. The number of aromatic nitrogens is 2. The molecule has 0 aliphatic rings. The van der Waals surface area contributed by atoms with Crippen molar-refractivity contribution in [1.29, 1.82) is 0 Å². The number of rotatable bonds is 6. The van der Waals surface area contributed by atoms with Crippen LogP contribution in [0.1, 0.15) is 13.7 Å². The average molecular weight is 961 g/mol. The molecule has 6 heteroatoms. The first-order valence-electron chi connectivity index (χ1n) is 28.8. The number of anilines is 6. The van der Waals surface area contributed by atoms with Crippen molar-refractivity contribution in [2.75, 3.05) is 9.80 Å². The molecular formula is C66H38N4S2. The molecule has 0 radical (unpaired) electrons. The molecule has 6 aromatic heterocycles. The smallest absolute Gasteiger partial charge is 0.0645 e. The lowest BCUT2D eigenvalue weighted by Gasteiger charge is -2.27. The zero-order chi connectivity index (χ0) is 55.5. The van der Waals surface area contributed by atoms with Crippen LogP contribution in [0.3, 0.4) is 0 Å². The molecule has 0 saturated heterocycles. The number of benzene rings is 11. The maximum absolute atomic E-state index is 9.50. The van der Waals surface area contributed by atoms with Crippen LogP contribution in [0.2, 0.25) is 0 Å². The van der Waals surface area contributed by atoms with Crippen LogP contribution in [-0.2, 0) is 0 Å². The number of nitrogens with zero attached hydrogens (tertiary/aromatic N) is 4. The van der Waals surface area contributed by atoms with E-state index in [9.17, 15) is 5.48 Å². The molecule has 0 spiro atoms. The van der Waals surface area contributed by atoms with Gasteiger partial charge < -0.3 is 18.6 Å². The van der Waals surface area contributed by atoms with Crippen molar-refractivity contribution in [3.63, 3.8) is 0 Å². The van der Waals surface area contributed by atoms with Crippen LogP contribution in [0.5, 0.6) is 0 Å². The number of hydrogen-bond donors (Lipinski definition) is 0. The lowest BCUT2D eigenvalue weighted by molar-refractivity contribution is 1.32. The van der Waals surface area contributed by atoms with E-state index in [1.807, 2.05) is 94.7 Å². The van der Waals surface area contributed by atoms with Crippen molar-refractivity contribution in [2.45, 2.75) is 0 Å². The van der Waals surface area contributed by atoms with Crippen molar-refractivity contribution >= 4 is 173 Å². The van der Waals surface area contributed by atoms with Crippen molar-refractivity contribution in [1.82, 2.24) is 8.80 Å². The molecule has 334 valence electrons. The minimum atomic E-state index is -0.459. The molecule has 6 heterocycles. The molecule has 17 rings (SSSR count). The Morgan fingerprint density at radius 1 is 0.319 bits per heavy atom. The first-order valence-corrected chi connectivity index (χ1v) is 25.4. The van der Waals surface area contributed by atoms with Gasteiger partial charge in [-0.1, -0.05) is 145 Å². The Morgan fingerprint density at radius 2 is 0.722 bits per heavy atom. The molecule has 0 amide bonds. The summed E-state index contributed by atoms with van der Waals surface area (Å²) in [5, 5.41) is 11.7. The molecule has 0 bridgehead atoms. The van der Waals surface area contributed by atoms with Gasteiger partial charge in [0.2, 0.25) is 0 Å². The van der Waals surface area contributed by atoms with Crippen molar-refractivity contribution in [3.05, 3.63) is 230 Å². The second-order valence-corrected chi connectivity index (χ2v) is 20.5. The summed E-state index contributed by atoms with van der Waals surface area (Å²) in [7, 11) is 0. The number of hydrogen-bond acceptors (Lipinski definition) is 4. The second kappa shape index (κ2) is 14.3. The molecule has 72 heavy (non-hydrogen) atoms. The van der Waals surface area contributed by atoms with Gasteiger partial charge in [0.15, 0.2) is 0 Å². The van der Waals surface area contributed by atoms with E-state index in [2.05, 4.69) is 93.7 Å². The van der Waals surface area contributed by atoms with E-state index >= 15 is 0 Å². The molecular weight excluding hydrogens is 913 g/mol. The maximum atomic E-state index is 9.50. The molecule has 0 saturated carbocycles. The first-order chi connectivity index (χ1) is 39.9. The van der Waals surface area contributed by atoms with Gasteiger partial charge in [-0.05, 0) is 84.8 Å². The molecule has 17 aromatic rings. The van der Waals surface area contributed by atoms with Crippen molar-refractivity contribution in [3.8, 4) is 0 Å². The topological polar surface area (TPSA) is 15.3 Å². The minimum absolute atomic E-state index is 0.0580. The SMILES string of the molecule is [2H]c1c([2H])c([2H])c(N(c2cccc3c2sc2ccccc23)c2ccc3c4cc5c(cc4n4c6ccccc6c2c34)c2ccc(N(c3c([2H])c([2H])c([2H])c([2H])c3[2H])c3cccc4c3sc3ccccc34)c3c4ccccc4n5c23)c([2H])c1[2H]. The van der Waals surface area contributed by atoms with E-state index in [0.717, 1.165) is 117 Å². The van der Waals surface area contributed by atoms with Crippen LogP contribution < -0.4 is 9.80 Å². The Kier molecular flexibility index (Phi) is 6.10. The summed E-state index contributed by atoms with van der Waals surface area (Å²) in [5.41, 5.74) is 8.52. The van der Waals surface area contributed by atoms with Crippen LogP contribution in [0.25, 0.3) is 117 Å². The van der Waals surface area contributed by atoms with Gasteiger partial charge in [-0.25, -0.2) is 0 Å². The fraction of sp³-hybridized carbons (Fsp3) is 0. The van der Waals surface area contributed by atoms with Gasteiger partial charge in [-0.3, -0.25) is 0 Å². The third-order valence-corrected chi connectivity index (χ3v) is 17.3. The number of para-hydroxylation sites is 4. The molecule has 0 unspecified atom stereocenters. The average Bonchev–Trinajstić information content (AvgIpc) is 3.32. The van der Waals surface area contributed by atoms with E-state index < -0.39 is 36.3 Å². The van der Waals surface area contributed by atoms with Crippen molar-refractivity contribution < 1.29 is 13.7 Å². The highest BCUT2D eigenvalue weighted by molar-refractivity contribution is 7.26. The predicted octanol–water partition coefficient (Wildman–Crippen LogP) is 19.7. The summed E-state index contributed by atoms with van der Waals surface area (Å²) in [6.07, 6.45) is 0. The number of thiophene rings is 2. The molecule has 11 aromatic carbocycles. The van der Waals surface area contributed by atoms with Crippen LogP contribution in [0.15, 0.2) is 230 Å². The molecule has 0 atom stereocenters. The van der Waals surface area contributed by atoms with Crippen molar-refractivity contribution in [2.24, 2.45) is 0 Å². The quantitative estimate of drug-likeness (QED) is 0.165. The van der Waals surface area contributed by atoms with E-state index in [0.29, 0.717) is 22.7 Å². The Hall–Kier alpha value is -8.94. The third kappa shape index (κ3) is 5.04. The van der Waals surface area contributed by atoms with Gasteiger partial charge in [-0.2, -0.15) is 0 Å². The fourth-order valence-corrected chi connectivity index (χ4v) is 14.5. The highest BCUT2D eigenvalue weighted by Gasteiger charge is 2.29. The monoisotopic (exact) mass is 960 g/mol. The van der Waals surface area contributed by atoms with Crippen LogP contribution >= 0.6 is 22.7 Å². The zero-order valence-corrected chi connectivity index (χ0v) is 39.4. The van der Waals surface area contributed by atoms with E-state index in [-0.39, 0.29) is 35.5 Å². The van der Waals surface area contributed by atoms with Crippen LogP contribution in [0, 0.1) is 0 Å². The van der Waals surface area contributed by atoms with Gasteiger partial charge >= 0.3 is 0 Å². The summed E-state index contributed by atoms with van der Waals surface area (Å²) in [6.45, 7) is 0. The largest absolute Gasteiger partial charge is 0.308 e. The summed E-state index contributed by atoms with van der Waals surface area (Å²) in [4.78, 5) is 3.78. The molecule has 4 nitrogen and oxygen atoms in total. The lowest BCUT2D eigenvalue weighted by Crippen LogP contribution is -2.10.